The van der Waals surface area contributed by atoms with Crippen molar-refractivity contribution in [3.05, 3.63) is 50.6 Å². The number of nitrogens with one attached hydrogen (secondary N) is 1. The molecule has 0 radical (unpaired) electrons. The number of nitrogens with two attached hydrogens (primary N) is 1. The highest BCUT2D eigenvalue weighted by Crippen LogP contribution is 2.46. The first-order chi connectivity index (χ1) is 8.81. The number of hydrazine groups is 1. The van der Waals surface area contributed by atoms with Crippen LogP contribution in [0.1, 0.15) is 23.1 Å². The summed E-state index contributed by atoms with van der Waals surface area (Å²) in [6.07, 6.45) is 0. The van der Waals surface area contributed by atoms with Crippen LogP contribution in [0.3, 0.4) is 0 Å². The third-order valence-electron chi connectivity index (χ3n) is 3.30. The van der Waals surface area contributed by atoms with Crippen molar-refractivity contribution >= 4 is 39.0 Å². The largest absolute Gasteiger partial charge is 0.271 e. The van der Waals surface area contributed by atoms with Gasteiger partial charge in [0, 0.05) is 26.4 Å². The molecule has 1 aromatic heterocycles. The number of hydrogen-bond donors (Lipinski definition) is 2. The molecular weight excluding hydrogens is 328 g/mol. The van der Waals surface area contributed by atoms with Crippen LogP contribution in [0.4, 0.5) is 0 Å². The average Bonchev–Trinajstić information content (AvgIpc) is 2.99. The minimum atomic E-state index is 0.168. The van der Waals surface area contributed by atoms with E-state index >= 15 is 0 Å². The molecule has 0 aliphatic carbocycles. The zero-order chi connectivity index (χ0) is 12.5. The topological polar surface area (TPSA) is 38.0 Å². The van der Waals surface area contributed by atoms with Crippen molar-refractivity contribution in [2.45, 2.75) is 16.9 Å². The minimum absolute atomic E-state index is 0.168. The van der Waals surface area contributed by atoms with Crippen molar-refractivity contribution in [1.82, 2.24) is 5.43 Å². The van der Waals surface area contributed by atoms with Gasteiger partial charge in [-0.25, -0.2) is 0 Å². The lowest BCUT2D eigenvalue weighted by Crippen LogP contribution is -2.32. The quantitative estimate of drug-likeness (QED) is 0.657. The lowest BCUT2D eigenvalue weighted by molar-refractivity contribution is 0.485. The first-order valence-corrected chi connectivity index (χ1v) is 8.43. The highest BCUT2D eigenvalue weighted by atomic mass is 79.9. The van der Waals surface area contributed by atoms with E-state index in [1.165, 1.54) is 16.0 Å². The number of halogens is 1. The van der Waals surface area contributed by atoms with Crippen LogP contribution in [0.2, 0.25) is 0 Å². The highest BCUT2D eigenvalue weighted by Gasteiger charge is 2.31. The Morgan fingerprint density at radius 1 is 1.33 bits per heavy atom. The molecule has 2 atom stereocenters. The van der Waals surface area contributed by atoms with E-state index in [1.807, 2.05) is 11.8 Å². The molecule has 0 bridgehead atoms. The first-order valence-electron chi connectivity index (χ1n) is 5.70. The number of fused-ring (bicyclic) bond motifs is 1. The van der Waals surface area contributed by atoms with Crippen molar-refractivity contribution < 1.29 is 0 Å². The SMILES string of the molecule is NNC(c1cscc1Br)C1CSc2ccccc21. The van der Waals surface area contributed by atoms with Gasteiger partial charge in [0.05, 0.1) is 6.04 Å². The molecule has 94 valence electrons. The molecule has 0 saturated carbocycles. The molecule has 2 aromatic rings. The molecule has 2 heterocycles. The fraction of sp³-hybridized carbons (Fsp3) is 0.231. The molecular formula is C13H13BrN2S2. The predicted octanol–water partition coefficient (Wildman–Crippen LogP) is 3.90. The van der Waals surface area contributed by atoms with Gasteiger partial charge in [-0.05, 0) is 38.5 Å². The number of rotatable bonds is 3. The van der Waals surface area contributed by atoms with Crippen LogP contribution in [0, 0.1) is 0 Å². The summed E-state index contributed by atoms with van der Waals surface area (Å²) >= 11 is 7.22. The maximum atomic E-state index is 5.79. The summed E-state index contributed by atoms with van der Waals surface area (Å²) in [6.45, 7) is 0. The molecule has 18 heavy (non-hydrogen) atoms. The van der Waals surface area contributed by atoms with E-state index in [0.717, 1.165) is 10.2 Å². The van der Waals surface area contributed by atoms with Crippen LogP contribution in [0.5, 0.6) is 0 Å². The third-order valence-corrected chi connectivity index (χ3v) is 6.26. The van der Waals surface area contributed by atoms with Crippen molar-refractivity contribution in [2.24, 2.45) is 5.84 Å². The smallest absolute Gasteiger partial charge is 0.0556 e. The molecule has 2 unspecified atom stereocenters. The summed E-state index contributed by atoms with van der Waals surface area (Å²) in [6, 6.07) is 8.77. The number of benzene rings is 1. The molecule has 3 N–H and O–H groups in total. The minimum Gasteiger partial charge on any atom is -0.271 e. The third kappa shape index (κ3) is 2.14. The van der Waals surface area contributed by atoms with E-state index in [9.17, 15) is 0 Å². The van der Waals surface area contributed by atoms with Gasteiger partial charge < -0.3 is 0 Å². The lowest BCUT2D eigenvalue weighted by atomic mass is 9.90. The van der Waals surface area contributed by atoms with Crippen molar-refractivity contribution in [2.75, 3.05) is 5.75 Å². The van der Waals surface area contributed by atoms with Gasteiger partial charge in [0.1, 0.15) is 0 Å². The molecule has 0 fully saturated rings. The molecule has 3 rings (SSSR count). The van der Waals surface area contributed by atoms with Gasteiger partial charge in [-0.1, -0.05) is 18.2 Å². The summed E-state index contributed by atoms with van der Waals surface area (Å²) < 4.78 is 1.14. The van der Waals surface area contributed by atoms with E-state index in [-0.39, 0.29) is 6.04 Å². The predicted molar refractivity (Wildman–Crippen MR) is 82.0 cm³/mol. The average molecular weight is 341 g/mol. The zero-order valence-corrected chi connectivity index (χ0v) is 12.8. The summed E-state index contributed by atoms with van der Waals surface area (Å²) in [5.41, 5.74) is 5.65. The normalized spacial score (nSPS) is 19.8. The molecule has 5 heteroatoms. The van der Waals surface area contributed by atoms with Gasteiger partial charge in [0.25, 0.3) is 0 Å². The van der Waals surface area contributed by atoms with E-state index in [0.29, 0.717) is 5.92 Å². The Balaban J connectivity index is 1.98. The number of thiophene rings is 1. The summed E-state index contributed by atoms with van der Waals surface area (Å²) in [5.74, 6) is 7.31. The summed E-state index contributed by atoms with van der Waals surface area (Å²) in [7, 11) is 0. The highest BCUT2D eigenvalue weighted by molar-refractivity contribution is 9.10. The second kappa shape index (κ2) is 5.35. The second-order valence-electron chi connectivity index (χ2n) is 4.27. The van der Waals surface area contributed by atoms with Crippen LogP contribution in [0.15, 0.2) is 44.4 Å². The Morgan fingerprint density at radius 2 is 2.17 bits per heavy atom. The summed E-state index contributed by atoms with van der Waals surface area (Å²) in [5, 5.41) is 4.27. The Kier molecular flexibility index (Phi) is 3.77. The van der Waals surface area contributed by atoms with Gasteiger partial charge in [-0.2, -0.15) is 11.3 Å². The van der Waals surface area contributed by atoms with Crippen molar-refractivity contribution in [3.63, 3.8) is 0 Å². The Labute approximate surface area is 123 Å². The van der Waals surface area contributed by atoms with Crippen LogP contribution in [-0.4, -0.2) is 5.75 Å². The Hall–Kier alpha value is -0.330. The van der Waals surface area contributed by atoms with Crippen LogP contribution < -0.4 is 11.3 Å². The molecule has 1 aliphatic heterocycles. The fourth-order valence-corrected chi connectivity index (χ4v) is 5.27. The molecule has 1 aromatic carbocycles. The van der Waals surface area contributed by atoms with Gasteiger partial charge in [-0.3, -0.25) is 11.3 Å². The van der Waals surface area contributed by atoms with Crippen molar-refractivity contribution in [1.29, 1.82) is 0 Å². The van der Waals surface area contributed by atoms with E-state index in [1.54, 1.807) is 11.3 Å². The van der Waals surface area contributed by atoms with Gasteiger partial charge in [0.15, 0.2) is 0 Å². The first kappa shape index (κ1) is 12.7. The maximum absolute atomic E-state index is 5.79. The number of hydrogen-bond acceptors (Lipinski definition) is 4. The molecule has 0 saturated heterocycles. The lowest BCUT2D eigenvalue weighted by Gasteiger charge is -2.23. The van der Waals surface area contributed by atoms with Gasteiger partial charge in [0.2, 0.25) is 0 Å². The molecule has 0 amide bonds. The van der Waals surface area contributed by atoms with Crippen LogP contribution in [-0.2, 0) is 0 Å². The fourth-order valence-electron chi connectivity index (χ4n) is 2.40. The van der Waals surface area contributed by atoms with Gasteiger partial charge in [-0.15, -0.1) is 11.8 Å². The Morgan fingerprint density at radius 3 is 2.89 bits per heavy atom. The Bertz CT molecular complexity index is 555. The molecule has 2 nitrogen and oxygen atoms in total. The monoisotopic (exact) mass is 340 g/mol. The van der Waals surface area contributed by atoms with E-state index in [2.05, 4.69) is 56.4 Å². The van der Waals surface area contributed by atoms with E-state index in [4.69, 9.17) is 5.84 Å². The summed E-state index contributed by atoms with van der Waals surface area (Å²) in [4.78, 5) is 1.38. The second-order valence-corrected chi connectivity index (χ2v) is 6.93. The van der Waals surface area contributed by atoms with Crippen LogP contribution >= 0.6 is 39.0 Å². The molecule has 1 aliphatic rings. The van der Waals surface area contributed by atoms with Gasteiger partial charge >= 0.3 is 0 Å². The standard InChI is InChI=1S/C13H13BrN2S2/c14-11-7-17-5-10(11)13(16-15)9-6-18-12-4-2-1-3-8(9)12/h1-5,7,9,13,16H,6,15H2. The molecule has 0 spiro atoms. The zero-order valence-electron chi connectivity index (χ0n) is 9.60. The van der Waals surface area contributed by atoms with Crippen molar-refractivity contribution in [3.8, 4) is 0 Å². The number of thioether (sulfide) groups is 1. The van der Waals surface area contributed by atoms with Crippen LogP contribution in [0.25, 0.3) is 0 Å². The maximum Gasteiger partial charge on any atom is 0.0556 e. The van der Waals surface area contributed by atoms with E-state index < -0.39 is 0 Å².